The van der Waals surface area contributed by atoms with Crippen LogP contribution < -0.4 is 4.72 Å². The molecule has 22 heavy (non-hydrogen) atoms. The van der Waals surface area contributed by atoms with Crippen LogP contribution in [0.2, 0.25) is 0 Å². The zero-order valence-electron chi connectivity index (χ0n) is 11.3. The number of nitrogens with one attached hydrogen (secondary N) is 1. The largest absolute Gasteiger partial charge is 0.357 e. The predicted octanol–water partition coefficient (Wildman–Crippen LogP) is 2.15. The summed E-state index contributed by atoms with van der Waals surface area (Å²) in [6.07, 6.45) is 1.78. The van der Waals surface area contributed by atoms with Crippen molar-refractivity contribution in [1.82, 2.24) is 15.0 Å². The third-order valence-corrected chi connectivity index (χ3v) is 3.44. The second kappa shape index (κ2) is 5.58. The fourth-order valence-electron chi connectivity index (χ4n) is 1.96. The number of hydrogen-bond acceptors (Lipinski definition) is 4. The van der Waals surface area contributed by atoms with Crippen LogP contribution in [-0.2, 0) is 10.3 Å². The molecule has 0 saturated heterocycles. The molecule has 2 N–H and O–H groups in total. The Bertz CT molecular complexity index is 874. The van der Waals surface area contributed by atoms with Gasteiger partial charge in [0.15, 0.2) is 0 Å². The molecule has 0 amide bonds. The Morgan fingerprint density at radius 2 is 1.68 bits per heavy atom. The Hall–Kier alpha value is -2.71. The summed E-state index contributed by atoms with van der Waals surface area (Å²) in [6.45, 7) is 0. The first-order valence-corrected chi connectivity index (χ1v) is 7.79. The molecule has 0 aliphatic rings. The van der Waals surface area contributed by atoms with Gasteiger partial charge in [0.1, 0.15) is 5.69 Å². The van der Waals surface area contributed by atoms with Crippen molar-refractivity contribution in [3.8, 4) is 16.9 Å². The molecule has 0 radical (unpaired) electrons. The van der Waals surface area contributed by atoms with Gasteiger partial charge in [-0.15, -0.1) is 5.10 Å². The molecular weight excluding hydrogens is 304 g/mol. The maximum atomic E-state index is 10.7. The highest BCUT2D eigenvalue weighted by Gasteiger charge is 2.07. The van der Waals surface area contributed by atoms with Crippen LogP contribution >= 0.6 is 0 Å². The van der Waals surface area contributed by atoms with Gasteiger partial charge in [0.25, 0.3) is 0 Å². The Morgan fingerprint density at radius 1 is 1.00 bits per heavy atom. The highest BCUT2D eigenvalue weighted by atomic mass is 32.2. The molecule has 8 heteroatoms. The zero-order valence-corrected chi connectivity index (χ0v) is 12.1. The van der Waals surface area contributed by atoms with Crippen molar-refractivity contribution in [2.45, 2.75) is 0 Å². The molecule has 3 aromatic rings. The van der Waals surface area contributed by atoms with Crippen LogP contribution in [0.1, 0.15) is 0 Å². The van der Waals surface area contributed by atoms with Gasteiger partial charge >= 0.3 is 10.3 Å². The van der Waals surface area contributed by atoms with E-state index in [1.54, 1.807) is 23.0 Å². The molecule has 0 spiro atoms. The van der Waals surface area contributed by atoms with Crippen LogP contribution in [0.25, 0.3) is 16.9 Å². The van der Waals surface area contributed by atoms with Crippen LogP contribution in [0, 0.1) is 0 Å². The first-order chi connectivity index (χ1) is 10.5. The van der Waals surface area contributed by atoms with Crippen molar-refractivity contribution >= 4 is 16.0 Å². The Labute approximate surface area is 127 Å². The first-order valence-electron chi connectivity index (χ1n) is 6.35. The quantitative estimate of drug-likeness (QED) is 0.719. The van der Waals surface area contributed by atoms with E-state index >= 15 is 0 Å². The highest BCUT2D eigenvalue weighted by Crippen LogP contribution is 2.20. The molecule has 0 atom stereocenters. The number of rotatable bonds is 4. The summed E-state index contributed by atoms with van der Waals surface area (Å²) in [5, 5.41) is 8.15. The Kier molecular flexibility index (Phi) is 3.61. The number of para-hydroxylation sites is 1. The summed E-state index contributed by atoms with van der Waals surface area (Å²) >= 11 is 0. The lowest BCUT2D eigenvalue weighted by Crippen LogP contribution is -2.09. The van der Waals surface area contributed by atoms with Crippen molar-refractivity contribution in [2.75, 3.05) is 4.72 Å². The predicted molar refractivity (Wildman–Crippen MR) is 82.0 cm³/mol. The van der Waals surface area contributed by atoms with Crippen LogP contribution in [0.4, 0.5) is 5.69 Å². The van der Waals surface area contributed by atoms with E-state index < -0.39 is 10.3 Å². The molecule has 112 valence electrons. The molecule has 0 unspecified atom stereocenters. The average Bonchev–Trinajstić information content (AvgIpc) is 2.97. The molecule has 3 rings (SSSR count). The van der Waals surface area contributed by atoms with E-state index in [1.165, 1.54) is 12.1 Å². The molecule has 1 aromatic heterocycles. The van der Waals surface area contributed by atoms with Gasteiger partial charge in [0.05, 0.1) is 17.6 Å². The van der Waals surface area contributed by atoms with E-state index in [1.807, 2.05) is 35.1 Å². The number of nitrogens with zero attached hydrogens (tertiary/aromatic N) is 3. The maximum absolute atomic E-state index is 10.7. The molecule has 0 fully saturated rings. The van der Waals surface area contributed by atoms with E-state index in [4.69, 9.17) is 4.55 Å². The Balaban J connectivity index is 1.85. The topological polar surface area (TPSA) is 97.1 Å². The van der Waals surface area contributed by atoms with Gasteiger partial charge in [-0.3, -0.25) is 9.27 Å². The molecular formula is C14H12N4O3S. The van der Waals surface area contributed by atoms with E-state index in [0.29, 0.717) is 5.69 Å². The van der Waals surface area contributed by atoms with Gasteiger partial charge in [-0.1, -0.05) is 35.5 Å². The van der Waals surface area contributed by atoms with E-state index in [2.05, 4.69) is 10.3 Å². The first kappa shape index (κ1) is 14.2. The third-order valence-electron chi connectivity index (χ3n) is 2.94. The fraction of sp³-hybridized carbons (Fsp3) is 0. The minimum atomic E-state index is -4.27. The monoisotopic (exact) mass is 316 g/mol. The fourth-order valence-corrected chi connectivity index (χ4v) is 2.39. The normalized spacial score (nSPS) is 11.3. The molecule has 7 nitrogen and oxygen atoms in total. The summed E-state index contributed by atoms with van der Waals surface area (Å²) < 4.78 is 33.8. The summed E-state index contributed by atoms with van der Waals surface area (Å²) in [5.74, 6) is 0. The second-order valence-electron chi connectivity index (χ2n) is 4.54. The van der Waals surface area contributed by atoms with Crippen LogP contribution in [0.15, 0.2) is 60.8 Å². The molecule has 0 aliphatic heterocycles. The maximum Gasteiger partial charge on any atom is 0.357 e. The van der Waals surface area contributed by atoms with Gasteiger partial charge in [0.2, 0.25) is 0 Å². The minimum Gasteiger partial charge on any atom is -0.269 e. The standard InChI is InChI=1S/C14H12N4O3S/c19-22(20,21)16-12-8-6-11(7-9-12)14-10-18(17-15-14)13-4-2-1-3-5-13/h1-10,16H,(H,19,20,21). The van der Waals surface area contributed by atoms with Crippen molar-refractivity contribution in [3.63, 3.8) is 0 Å². The third kappa shape index (κ3) is 3.30. The van der Waals surface area contributed by atoms with Crippen LogP contribution in [-0.4, -0.2) is 28.0 Å². The van der Waals surface area contributed by atoms with Crippen molar-refractivity contribution in [2.24, 2.45) is 0 Å². The van der Waals surface area contributed by atoms with Crippen molar-refractivity contribution in [3.05, 3.63) is 60.8 Å². The smallest absolute Gasteiger partial charge is 0.269 e. The van der Waals surface area contributed by atoms with Crippen molar-refractivity contribution in [1.29, 1.82) is 0 Å². The van der Waals surface area contributed by atoms with Crippen molar-refractivity contribution < 1.29 is 13.0 Å². The molecule has 1 heterocycles. The zero-order chi connectivity index (χ0) is 15.6. The lowest BCUT2D eigenvalue weighted by atomic mass is 10.1. The molecule has 0 saturated carbocycles. The lowest BCUT2D eigenvalue weighted by Gasteiger charge is -2.02. The summed E-state index contributed by atoms with van der Waals surface area (Å²) in [4.78, 5) is 0. The highest BCUT2D eigenvalue weighted by molar-refractivity contribution is 7.87. The minimum absolute atomic E-state index is 0.265. The molecule has 2 aromatic carbocycles. The summed E-state index contributed by atoms with van der Waals surface area (Å²) in [6, 6.07) is 16.0. The summed E-state index contributed by atoms with van der Waals surface area (Å²) in [7, 11) is -4.27. The Morgan fingerprint density at radius 3 is 2.32 bits per heavy atom. The lowest BCUT2D eigenvalue weighted by molar-refractivity contribution is 0.489. The van der Waals surface area contributed by atoms with E-state index in [9.17, 15) is 8.42 Å². The SMILES string of the molecule is O=S(=O)(O)Nc1ccc(-c2cn(-c3ccccc3)nn2)cc1. The molecule has 0 bridgehead atoms. The second-order valence-corrected chi connectivity index (χ2v) is 5.69. The van der Waals surface area contributed by atoms with E-state index in [-0.39, 0.29) is 5.69 Å². The number of aromatic nitrogens is 3. The van der Waals surface area contributed by atoms with Crippen LogP contribution in [0.3, 0.4) is 0 Å². The average molecular weight is 316 g/mol. The number of benzene rings is 2. The van der Waals surface area contributed by atoms with Gasteiger partial charge in [-0.25, -0.2) is 4.68 Å². The van der Waals surface area contributed by atoms with Gasteiger partial charge in [-0.2, -0.15) is 8.42 Å². The summed E-state index contributed by atoms with van der Waals surface area (Å²) in [5.41, 5.74) is 2.60. The van der Waals surface area contributed by atoms with E-state index in [0.717, 1.165) is 11.3 Å². The van der Waals surface area contributed by atoms with Gasteiger partial charge < -0.3 is 0 Å². The number of anilines is 1. The van der Waals surface area contributed by atoms with Gasteiger partial charge in [-0.05, 0) is 24.3 Å². The van der Waals surface area contributed by atoms with Crippen LogP contribution in [0.5, 0.6) is 0 Å². The van der Waals surface area contributed by atoms with Gasteiger partial charge in [0, 0.05) is 5.56 Å². The molecule has 0 aliphatic carbocycles. The number of hydrogen-bond donors (Lipinski definition) is 2.